The molecule has 0 spiro atoms. The molecule has 5 rings (SSSR count). The van der Waals surface area contributed by atoms with Gasteiger partial charge in [-0.3, -0.25) is 14.5 Å². The monoisotopic (exact) mass is 499 g/mol. The van der Waals surface area contributed by atoms with Gasteiger partial charge in [0.05, 0.1) is 20.3 Å². The molecule has 3 aromatic rings. The average molecular weight is 500 g/mol. The van der Waals surface area contributed by atoms with Crippen molar-refractivity contribution in [1.29, 1.82) is 0 Å². The van der Waals surface area contributed by atoms with Crippen LogP contribution in [-0.4, -0.2) is 55.0 Å². The van der Waals surface area contributed by atoms with Gasteiger partial charge in [-0.05, 0) is 42.2 Å². The van der Waals surface area contributed by atoms with Crippen molar-refractivity contribution >= 4 is 17.8 Å². The molecule has 0 radical (unpaired) electrons. The number of likely N-dealkylation sites (tertiary alicyclic amines) is 1. The highest BCUT2D eigenvalue weighted by Crippen LogP contribution is 2.40. The molecule has 37 heavy (non-hydrogen) atoms. The number of hydrogen-bond acceptors (Lipinski definition) is 5. The summed E-state index contributed by atoms with van der Waals surface area (Å²) in [5, 5.41) is 2.90. The summed E-state index contributed by atoms with van der Waals surface area (Å²) < 4.78 is 10.9. The fourth-order valence-electron chi connectivity index (χ4n) is 5.37. The van der Waals surface area contributed by atoms with Gasteiger partial charge in [-0.25, -0.2) is 4.79 Å². The van der Waals surface area contributed by atoms with Crippen molar-refractivity contribution in [1.82, 2.24) is 15.1 Å². The molecule has 4 amide bonds. The minimum Gasteiger partial charge on any atom is -0.497 e. The van der Waals surface area contributed by atoms with Crippen LogP contribution < -0.4 is 14.8 Å². The van der Waals surface area contributed by atoms with Crippen LogP contribution >= 0.6 is 0 Å². The first kappa shape index (κ1) is 24.4. The summed E-state index contributed by atoms with van der Waals surface area (Å²) in [5.74, 6) is 0.554. The van der Waals surface area contributed by atoms with Gasteiger partial charge in [-0.15, -0.1) is 0 Å². The van der Waals surface area contributed by atoms with E-state index >= 15 is 0 Å². The van der Waals surface area contributed by atoms with Crippen molar-refractivity contribution in [2.45, 2.75) is 24.4 Å². The predicted molar refractivity (Wildman–Crippen MR) is 137 cm³/mol. The van der Waals surface area contributed by atoms with Crippen molar-refractivity contribution in [2.75, 3.05) is 27.3 Å². The molecule has 1 N–H and O–H groups in total. The van der Waals surface area contributed by atoms with E-state index in [4.69, 9.17) is 9.47 Å². The number of methoxy groups -OCH3 is 2. The van der Waals surface area contributed by atoms with Gasteiger partial charge in [0, 0.05) is 12.1 Å². The molecule has 2 heterocycles. The summed E-state index contributed by atoms with van der Waals surface area (Å²) in [7, 11) is 3.18. The molecule has 2 fully saturated rings. The minimum absolute atomic E-state index is 0.244. The zero-order chi connectivity index (χ0) is 26.0. The molecule has 1 atom stereocenters. The van der Waals surface area contributed by atoms with Crippen LogP contribution in [0.15, 0.2) is 78.9 Å². The van der Waals surface area contributed by atoms with Gasteiger partial charge >= 0.3 is 6.03 Å². The number of urea groups is 1. The molecule has 0 bridgehead atoms. The van der Waals surface area contributed by atoms with Crippen LogP contribution in [-0.2, 0) is 15.1 Å². The van der Waals surface area contributed by atoms with Crippen LogP contribution in [0.25, 0.3) is 0 Å². The number of imide groups is 1. The Balaban J connectivity index is 1.45. The lowest BCUT2D eigenvalue weighted by Crippen LogP contribution is -2.46. The zero-order valence-corrected chi connectivity index (χ0v) is 20.8. The topological polar surface area (TPSA) is 88.2 Å². The Labute approximate surface area is 215 Å². The first-order valence-corrected chi connectivity index (χ1v) is 12.3. The van der Waals surface area contributed by atoms with E-state index in [2.05, 4.69) is 5.32 Å². The van der Waals surface area contributed by atoms with E-state index in [1.165, 1.54) is 0 Å². The molecule has 2 aliphatic rings. The number of carbonyl (C=O) groups excluding carboxylic acids is 3. The summed E-state index contributed by atoms with van der Waals surface area (Å²) >= 11 is 0. The summed E-state index contributed by atoms with van der Waals surface area (Å²) in [4.78, 5) is 43.5. The van der Waals surface area contributed by atoms with E-state index in [1.54, 1.807) is 19.1 Å². The lowest BCUT2D eigenvalue weighted by molar-refractivity contribution is -0.139. The van der Waals surface area contributed by atoms with E-state index < -0.39 is 17.5 Å². The second kappa shape index (κ2) is 9.97. The number of rotatable bonds is 7. The molecule has 0 aliphatic carbocycles. The Morgan fingerprint density at radius 1 is 0.946 bits per heavy atom. The zero-order valence-electron chi connectivity index (χ0n) is 20.8. The van der Waals surface area contributed by atoms with Gasteiger partial charge in [-0.1, -0.05) is 60.7 Å². The number of nitrogens with zero attached hydrogens (tertiary/aromatic N) is 2. The Hall–Kier alpha value is -4.33. The highest BCUT2D eigenvalue weighted by Gasteiger charge is 2.54. The minimum atomic E-state index is -1.40. The van der Waals surface area contributed by atoms with Crippen LogP contribution in [0, 0.1) is 0 Å². The largest absolute Gasteiger partial charge is 0.497 e. The third-order valence-corrected chi connectivity index (χ3v) is 7.18. The molecule has 2 saturated heterocycles. The van der Waals surface area contributed by atoms with Crippen molar-refractivity contribution < 1.29 is 23.9 Å². The molecule has 0 unspecified atom stereocenters. The number of amides is 4. The van der Waals surface area contributed by atoms with E-state index in [1.807, 2.05) is 78.9 Å². The Morgan fingerprint density at radius 2 is 1.59 bits per heavy atom. The van der Waals surface area contributed by atoms with Gasteiger partial charge in [-0.2, -0.15) is 0 Å². The van der Waals surface area contributed by atoms with Crippen molar-refractivity contribution in [3.05, 3.63) is 95.6 Å². The molecule has 190 valence electrons. The van der Waals surface area contributed by atoms with Crippen LogP contribution in [0.4, 0.5) is 4.79 Å². The van der Waals surface area contributed by atoms with E-state index in [9.17, 15) is 14.4 Å². The summed E-state index contributed by atoms with van der Waals surface area (Å²) in [5.41, 5.74) is 0.706. The number of nitrogens with one attached hydrogen (secondary N) is 1. The van der Waals surface area contributed by atoms with Crippen LogP contribution in [0.3, 0.4) is 0 Å². The van der Waals surface area contributed by atoms with Crippen LogP contribution in [0.1, 0.15) is 35.6 Å². The molecule has 8 nitrogen and oxygen atoms in total. The normalized spacial score (nSPS) is 18.6. The van der Waals surface area contributed by atoms with Gasteiger partial charge < -0.3 is 19.7 Å². The van der Waals surface area contributed by atoms with Gasteiger partial charge in [0.15, 0.2) is 5.54 Å². The Bertz CT molecular complexity index is 1270. The quantitative estimate of drug-likeness (QED) is 0.499. The van der Waals surface area contributed by atoms with Crippen molar-refractivity contribution in [2.24, 2.45) is 0 Å². The Kier molecular flexibility index (Phi) is 6.56. The lowest BCUT2D eigenvalue weighted by atomic mass is 9.82. The highest BCUT2D eigenvalue weighted by atomic mass is 16.5. The molecule has 0 aromatic heterocycles. The van der Waals surface area contributed by atoms with Crippen molar-refractivity contribution in [3.63, 3.8) is 0 Å². The number of benzene rings is 3. The first-order valence-electron chi connectivity index (χ1n) is 12.3. The van der Waals surface area contributed by atoms with Gasteiger partial charge in [0.25, 0.3) is 5.91 Å². The lowest BCUT2D eigenvalue weighted by Gasteiger charge is -2.29. The fourth-order valence-corrected chi connectivity index (χ4v) is 5.37. The van der Waals surface area contributed by atoms with Crippen molar-refractivity contribution in [3.8, 4) is 11.5 Å². The maximum atomic E-state index is 14.0. The third-order valence-electron chi connectivity index (χ3n) is 7.18. The van der Waals surface area contributed by atoms with Gasteiger partial charge in [0.2, 0.25) is 5.91 Å². The van der Waals surface area contributed by atoms with E-state index in [-0.39, 0.29) is 18.5 Å². The Morgan fingerprint density at radius 3 is 2.19 bits per heavy atom. The standard InChI is InChI=1S/C29H29N3O5/c1-36-22-15-16-25(37-2)23(18-22)24-14-9-17-31(24)26(33)19-32-27(34)29(30-28(32)35,20-10-5-3-6-11-20)21-12-7-4-8-13-21/h3-8,10-13,15-16,18,24H,9,14,17,19H2,1-2H3,(H,30,35)/t24-/m0/s1. The highest BCUT2D eigenvalue weighted by molar-refractivity contribution is 6.11. The van der Waals surface area contributed by atoms with Crippen LogP contribution in [0.2, 0.25) is 0 Å². The molecular formula is C29H29N3O5. The maximum absolute atomic E-state index is 14.0. The number of ether oxygens (including phenoxy) is 2. The molecule has 8 heteroatoms. The molecule has 2 aliphatic heterocycles. The second-order valence-electron chi connectivity index (χ2n) is 9.16. The fraction of sp³-hybridized carbons (Fsp3) is 0.276. The van der Waals surface area contributed by atoms with E-state index in [0.717, 1.165) is 23.3 Å². The first-order chi connectivity index (χ1) is 18.0. The summed E-state index contributed by atoms with van der Waals surface area (Å²) in [6.45, 7) is 0.172. The smallest absolute Gasteiger partial charge is 0.326 e. The number of hydrogen-bond donors (Lipinski definition) is 1. The second-order valence-corrected chi connectivity index (χ2v) is 9.16. The van der Waals surface area contributed by atoms with Crippen LogP contribution in [0.5, 0.6) is 11.5 Å². The number of carbonyl (C=O) groups is 3. The SMILES string of the molecule is COc1ccc(OC)c([C@@H]2CCCN2C(=O)CN2C(=O)NC(c3ccccc3)(c3ccccc3)C2=O)c1. The van der Waals surface area contributed by atoms with Gasteiger partial charge in [0.1, 0.15) is 18.0 Å². The predicted octanol–water partition coefficient (Wildman–Crippen LogP) is 3.86. The van der Waals surface area contributed by atoms with E-state index in [0.29, 0.717) is 29.2 Å². The molecule has 0 saturated carbocycles. The summed E-state index contributed by atoms with van der Waals surface area (Å²) in [6, 6.07) is 22.9. The third kappa shape index (κ3) is 4.18. The molecular weight excluding hydrogens is 470 g/mol. The molecule has 3 aromatic carbocycles. The maximum Gasteiger partial charge on any atom is 0.326 e. The summed E-state index contributed by atoms with van der Waals surface area (Å²) in [6.07, 6.45) is 1.54. The average Bonchev–Trinajstić information content (AvgIpc) is 3.53.